The van der Waals surface area contributed by atoms with Gasteiger partial charge in [-0.2, -0.15) is 0 Å². The summed E-state index contributed by atoms with van der Waals surface area (Å²) in [5, 5.41) is 6.63. The highest BCUT2D eigenvalue weighted by Gasteiger charge is 2.49. The van der Waals surface area contributed by atoms with Gasteiger partial charge in [0.2, 0.25) is 5.91 Å². The van der Waals surface area contributed by atoms with E-state index in [-0.39, 0.29) is 11.3 Å². The molecule has 3 aliphatic rings. The molecule has 5 nitrogen and oxygen atoms in total. The fourth-order valence-corrected chi connectivity index (χ4v) is 4.59. The summed E-state index contributed by atoms with van der Waals surface area (Å²) in [6.07, 6.45) is 10.4. The molecule has 2 aliphatic heterocycles. The standard InChI is InChI=1S/C17H26N4O/c22-16(17-7-3-1-5-13(17)9-18-12-17)19-10-14-11-21-8-4-2-6-15(21)20-14/h11,13,18H,1-10,12H2,(H,19,22)/t13-,17+/m0/s1. The maximum Gasteiger partial charge on any atom is 0.228 e. The third-order valence-electron chi connectivity index (χ3n) is 5.88. The first-order valence-corrected chi connectivity index (χ1v) is 8.82. The number of hydrogen-bond acceptors (Lipinski definition) is 3. The fraction of sp³-hybridized carbons (Fsp3) is 0.765. The van der Waals surface area contributed by atoms with E-state index in [1.165, 1.54) is 37.9 Å². The number of imidazole rings is 1. The van der Waals surface area contributed by atoms with Crippen LogP contribution in [0.1, 0.15) is 50.0 Å². The van der Waals surface area contributed by atoms with E-state index in [4.69, 9.17) is 0 Å². The van der Waals surface area contributed by atoms with Crippen molar-refractivity contribution in [1.29, 1.82) is 0 Å². The highest BCUT2D eigenvalue weighted by molar-refractivity contribution is 5.83. The van der Waals surface area contributed by atoms with E-state index in [0.717, 1.165) is 38.2 Å². The second-order valence-electron chi connectivity index (χ2n) is 7.21. The number of rotatable bonds is 3. The molecule has 2 fully saturated rings. The molecule has 0 aromatic carbocycles. The summed E-state index contributed by atoms with van der Waals surface area (Å²) < 4.78 is 2.25. The Hall–Kier alpha value is -1.36. The van der Waals surface area contributed by atoms with Crippen molar-refractivity contribution in [2.24, 2.45) is 11.3 Å². The number of nitrogens with one attached hydrogen (secondary N) is 2. The van der Waals surface area contributed by atoms with E-state index in [2.05, 4.69) is 26.4 Å². The number of aromatic nitrogens is 2. The van der Waals surface area contributed by atoms with Crippen molar-refractivity contribution in [3.05, 3.63) is 17.7 Å². The number of carbonyl (C=O) groups excluding carboxylic acids is 1. The fourth-order valence-electron chi connectivity index (χ4n) is 4.59. The molecule has 1 aromatic heterocycles. The lowest BCUT2D eigenvalue weighted by atomic mass is 9.67. The Morgan fingerprint density at radius 2 is 2.36 bits per heavy atom. The van der Waals surface area contributed by atoms with Crippen LogP contribution in [-0.2, 0) is 24.3 Å². The van der Waals surface area contributed by atoms with E-state index in [1.54, 1.807) is 0 Å². The zero-order chi connectivity index (χ0) is 15.0. The quantitative estimate of drug-likeness (QED) is 0.892. The Balaban J connectivity index is 1.42. The van der Waals surface area contributed by atoms with Crippen LogP contribution in [0.5, 0.6) is 0 Å². The molecule has 0 bridgehead atoms. The van der Waals surface area contributed by atoms with Crippen molar-refractivity contribution < 1.29 is 4.79 Å². The number of aryl methyl sites for hydroxylation is 2. The van der Waals surface area contributed by atoms with Gasteiger partial charge in [0.15, 0.2) is 0 Å². The van der Waals surface area contributed by atoms with Gasteiger partial charge < -0.3 is 15.2 Å². The van der Waals surface area contributed by atoms with Crippen LogP contribution in [0.3, 0.4) is 0 Å². The molecule has 1 aliphatic carbocycles. The molecular formula is C17H26N4O. The number of carbonyl (C=O) groups is 1. The lowest BCUT2D eigenvalue weighted by Crippen LogP contribution is -2.47. The van der Waals surface area contributed by atoms with Crippen LogP contribution in [-0.4, -0.2) is 28.5 Å². The van der Waals surface area contributed by atoms with Crippen LogP contribution < -0.4 is 10.6 Å². The molecule has 4 rings (SSSR count). The summed E-state index contributed by atoms with van der Waals surface area (Å²) in [5.74, 6) is 1.95. The van der Waals surface area contributed by atoms with Crippen molar-refractivity contribution in [2.45, 2.75) is 58.0 Å². The first-order chi connectivity index (χ1) is 10.8. The zero-order valence-corrected chi connectivity index (χ0v) is 13.2. The van der Waals surface area contributed by atoms with Crippen LogP contribution >= 0.6 is 0 Å². The third-order valence-corrected chi connectivity index (χ3v) is 5.88. The summed E-state index contributed by atoms with van der Waals surface area (Å²) in [6.45, 7) is 3.51. The Labute approximate surface area is 131 Å². The number of amides is 1. The average Bonchev–Trinajstić information content (AvgIpc) is 3.16. The normalized spacial score (nSPS) is 30.6. The van der Waals surface area contributed by atoms with E-state index in [0.29, 0.717) is 12.5 Å². The highest BCUT2D eigenvalue weighted by atomic mass is 16.2. The van der Waals surface area contributed by atoms with E-state index < -0.39 is 0 Å². The summed E-state index contributed by atoms with van der Waals surface area (Å²) in [4.78, 5) is 17.5. The van der Waals surface area contributed by atoms with Crippen molar-refractivity contribution in [1.82, 2.24) is 20.2 Å². The second-order valence-corrected chi connectivity index (χ2v) is 7.21. The van der Waals surface area contributed by atoms with Gasteiger partial charge in [-0.25, -0.2) is 4.98 Å². The SMILES string of the molecule is O=C(NCc1cn2c(n1)CCCC2)[C@@]12CCCC[C@H]1CNC2. The lowest BCUT2D eigenvalue weighted by molar-refractivity contribution is -0.134. The summed E-state index contributed by atoms with van der Waals surface area (Å²) in [5.41, 5.74) is 0.859. The summed E-state index contributed by atoms with van der Waals surface area (Å²) >= 11 is 0. The molecule has 0 radical (unpaired) electrons. The first kappa shape index (κ1) is 14.2. The Bertz CT molecular complexity index is 544. The van der Waals surface area contributed by atoms with Gasteiger partial charge in [-0.15, -0.1) is 0 Å². The van der Waals surface area contributed by atoms with Gasteiger partial charge in [0.05, 0.1) is 17.7 Å². The molecule has 0 unspecified atom stereocenters. The second kappa shape index (κ2) is 5.69. The maximum atomic E-state index is 12.8. The predicted molar refractivity (Wildman–Crippen MR) is 84.3 cm³/mol. The minimum Gasteiger partial charge on any atom is -0.350 e. The Morgan fingerprint density at radius 3 is 3.27 bits per heavy atom. The van der Waals surface area contributed by atoms with Crippen LogP contribution in [0.15, 0.2) is 6.20 Å². The minimum absolute atomic E-state index is 0.155. The molecule has 22 heavy (non-hydrogen) atoms. The molecule has 1 saturated heterocycles. The minimum atomic E-state index is -0.155. The maximum absolute atomic E-state index is 12.8. The van der Waals surface area contributed by atoms with Gasteiger partial charge in [0.1, 0.15) is 5.82 Å². The van der Waals surface area contributed by atoms with Crippen LogP contribution in [0.25, 0.3) is 0 Å². The molecule has 2 atom stereocenters. The van der Waals surface area contributed by atoms with E-state index in [1.807, 2.05) is 0 Å². The Kier molecular flexibility index (Phi) is 3.68. The molecule has 3 heterocycles. The van der Waals surface area contributed by atoms with Crippen molar-refractivity contribution in [3.8, 4) is 0 Å². The average molecular weight is 302 g/mol. The van der Waals surface area contributed by atoms with Gasteiger partial charge in [-0.3, -0.25) is 4.79 Å². The van der Waals surface area contributed by atoms with Crippen LogP contribution in [0, 0.1) is 11.3 Å². The predicted octanol–water partition coefficient (Wildman–Crippen LogP) is 1.62. The number of hydrogen-bond donors (Lipinski definition) is 2. The molecule has 2 N–H and O–H groups in total. The third kappa shape index (κ3) is 2.35. The van der Waals surface area contributed by atoms with Crippen molar-refractivity contribution in [2.75, 3.05) is 13.1 Å². The molecule has 0 spiro atoms. The van der Waals surface area contributed by atoms with Crippen LogP contribution in [0.4, 0.5) is 0 Å². The lowest BCUT2D eigenvalue weighted by Gasteiger charge is -2.37. The van der Waals surface area contributed by atoms with Gasteiger partial charge in [-0.1, -0.05) is 12.8 Å². The van der Waals surface area contributed by atoms with Gasteiger partial charge in [0.25, 0.3) is 0 Å². The topological polar surface area (TPSA) is 59.0 Å². The molecule has 1 aromatic rings. The monoisotopic (exact) mass is 302 g/mol. The summed E-state index contributed by atoms with van der Waals surface area (Å²) in [7, 11) is 0. The van der Waals surface area contributed by atoms with Crippen molar-refractivity contribution >= 4 is 5.91 Å². The van der Waals surface area contributed by atoms with Gasteiger partial charge in [-0.05, 0) is 38.1 Å². The van der Waals surface area contributed by atoms with Crippen LogP contribution in [0.2, 0.25) is 0 Å². The molecule has 120 valence electrons. The number of fused-ring (bicyclic) bond motifs is 2. The zero-order valence-electron chi connectivity index (χ0n) is 13.2. The van der Waals surface area contributed by atoms with E-state index in [9.17, 15) is 4.79 Å². The van der Waals surface area contributed by atoms with Crippen molar-refractivity contribution in [3.63, 3.8) is 0 Å². The van der Waals surface area contributed by atoms with Gasteiger partial charge in [0, 0.05) is 25.7 Å². The highest BCUT2D eigenvalue weighted by Crippen LogP contribution is 2.43. The largest absolute Gasteiger partial charge is 0.350 e. The molecular weight excluding hydrogens is 276 g/mol. The molecule has 1 amide bonds. The smallest absolute Gasteiger partial charge is 0.228 e. The number of nitrogens with zero attached hydrogens (tertiary/aromatic N) is 2. The molecule has 5 heteroatoms. The van der Waals surface area contributed by atoms with Gasteiger partial charge >= 0.3 is 0 Å². The first-order valence-electron chi connectivity index (χ1n) is 8.82. The summed E-state index contributed by atoms with van der Waals surface area (Å²) in [6, 6.07) is 0. The van der Waals surface area contributed by atoms with E-state index >= 15 is 0 Å². The Morgan fingerprint density at radius 1 is 1.41 bits per heavy atom. The molecule has 1 saturated carbocycles.